The van der Waals surface area contributed by atoms with Crippen molar-refractivity contribution in [3.05, 3.63) is 51.3 Å². The van der Waals surface area contributed by atoms with Crippen molar-refractivity contribution in [1.82, 2.24) is 9.38 Å². The van der Waals surface area contributed by atoms with E-state index in [0.29, 0.717) is 16.9 Å². The Hall–Kier alpha value is -3.47. The minimum absolute atomic E-state index is 0.0163. The average Bonchev–Trinajstić information content (AvgIpc) is 3.22. The fourth-order valence-corrected chi connectivity index (χ4v) is 3.23. The van der Waals surface area contributed by atoms with E-state index in [9.17, 15) is 19.7 Å². The van der Waals surface area contributed by atoms with E-state index < -0.39 is 23.4 Å². The number of rotatable bonds is 7. The Bertz CT molecular complexity index is 1030. The number of nitrogens with zero attached hydrogens (tertiary/aromatic N) is 3. The summed E-state index contributed by atoms with van der Waals surface area (Å²) in [6.07, 6.45) is 3.50. The smallest absolute Gasteiger partial charge is 0.312 e. The summed E-state index contributed by atoms with van der Waals surface area (Å²) in [5.41, 5.74) is 1.15. The second kappa shape index (κ2) is 8.05. The van der Waals surface area contributed by atoms with Crippen molar-refractivity contribution in [2.75, 3.05) is 19.0 Å². The van der Waals surface area contributed by atoms with Gasteiger partial charge in [-0.2, -0.15) is 0 Å². The third kappa shape index (κ3) is 4.26. The molecule has 0 saturated carbocycles. The number of anilines is 1. The number of fused-ring (bicyclic) bond motifs is 1. The lowest BCUT2D eigenvalue weighted by molar-refractivity contribution is -0.385. The number of aromatic nitrogens is 2. The topological polar surface area (TPSA) is 125 Å². The Labute approximate surface area is 162 Å². The van der Waals surface area contributed by atoms with Crippen molar-refractivity contribution >= 4 is 39.5 Å². The summed E-state index contributed by atoms with van der Waals surface area (Å²) in [5, 5.41) is 15.4. The van der Waals surface area contributed by atoms with E-state index in [1.165, 1.54) is 30.6 Å². The Morgan fingerprint density at radius 1 is 1.39 bits per heavy atom. The van der Waals surface area contributed by atoms with Crippen LogP contribution in [0.3, 0.4) is 0 Å². The fourth-order valence-electron chi connectivity index (χ4n) is 2.51. The highest BCUT2D eigenvalue weighted by Gasteiger charge is 2.19. The molecule has 0 spiro atoms. The highest BCUT2D eigenvalue weighted by Crippen LogP contribution is 2.32. The number of benzene rings is 1. The van der Waals surface area contributed by atoms with Crippen molar-refractivity contribution in [1.29, 1.82) is 0 Å². The number of aryl methyl sites for hydroxylation is 1. The summed E-state index contributed by atoms with van der Waals surface area (Å²) >= 11 is 1.44. The van der Waals surface area contributed by atoms with Crippen LogP contribution in [0.5, 0.6) is 5.75 Å². The Balaban J connectivity index is 1.57. The molecule has 3 rings (SSSR count). The number of amides is 1. The first kappa shape index (κ1) is 19.3. The molecule has 28 heavy (non-hydrogen) atoms. The highest BCUT2D eigenvalue weighted by atomic mass is 32.1. The Morgan fingerprint density at radius 3 is 2.86 bits per heavy atom. The molecule has 0 bridgehead atoms. The van der Waals surface area contributed by atoms with Crippen molar-refractivity contribution in [2.45, 2.75) is 13.3 Å². The molecule has 0 atom stereocenters. The molecular weight excluding hydrogens is 388 g/mol. The van der Waals surface area contributed by atoms with Crippen LogP contribution in [0.25, 0.3) is 4.96 Å². The number of methoxy groups -OCH3 is 1. The fraction of sp³-hybridized carbons (Fsp3) is 0.235. The number of nitro groups is 1. The van der Waals surface area contributed by atoms with Gasteiger partial charge in [0.1, 0.15) is 0 Å². The predicted molar refractivity (Wildman–Crippen MR) is 101 cm³/mol. The number of thiazole rings is 1. The van der Waals surface area contributed by atoms with Crippen LogP contribution in [-0.4, -0.2) is 39.9 Å². The van der Waals surface area contributed by atoms with Crippen molar-refractivity contribution < 1.29 is 24.0 Å². The van der Waals surface area contributed by atoms with Crippen LogP contribution in [0.2, 0.25) is 0 Å². The van der Waals surface area contributed by atoms with E-state index >= 15 is 0 Å². The molecule has 0 unspecified atom stereocenters. The van der Waals surface area contributed by atoms with Crippen molar-refractivity contribution in [3.8, 4) is 5.75 Å². The summed E-state index contributed by atoms with van der Waals surface area (Å²) in [5.74, 6) is -1.14. The zero-order valence-electron chi connectivity index (χ0n) is 15.0. The van der Waals surface area contributed by atoms with Crippen LogP contribution < -0.4 is 10.1 Å². The van der Waals surface area contributed by atoms with Gasteiger partial charge in [-0.05, 0) is 12.5 Å². The molecule has 146 valence electrons. The predicted octanol–water partition coefficient (Wildman–Crippen LogP) is 2.35. The SMILES string of the molecule is COc1cc(NC(=O)COC(=O)Cc2cn3ccsc3n2)c(C)cc1[N+](=O)[O-]. The molecule has 0 radical (unpaired) electrons. The van der Waals surface area contributed by atoms with E-state index in [2.05, 4.69) is 10.3 Å². The summed E-state index contributed by atoms with van der Waals surface area (Å²) in [7, 11) is 1.30. The molecule has 0 fully saturated rings. The Kier molecular flexibility index (Phi) is 5.54. The first-order valence-electron chi connectivity index (χ1n) is 8.07. The van der Waals surface area contributed by atoms with Gasteiger partial charge in [0.25, 0.3) is 5.91 Å². The standard InChI is InChI=1S/C17H16N4O6S/c1-10-5-13(21(24)25)14(26-2)7-12(10)19-15(22)9-27-16(23)6-11-8-20-3-4-28-17(20)18-11/h3-5,7-8H,6,9H2,1-2H3,(H,19,22). The maximum atomic E-state index is 12.1. The average molecular weight is 404 g/mol. The minimum Gasteiger partial charge on any atom is -0.490 e. The molecule has 10 nitrogen and oxygen atoms in total. The van der Waals surface area contributed by atoms with Crippen LogP contribution in [-0.2, 0) is 20.7 Å². The highest BCUT2D eigenvalue weighted by molar-refractivity contribution is 7.15. The first-order chi connectivity index (χ1) is 13.4. The van der Waals surface area contributed by atoms with Crippen molar-refractivity contribution in [2.24, 2.45) is 0 Å². The molecule has 11 heteroatoms. The van der Waals surface area contributed by atoms with E-state index in [4.69, 9.17) is 9.47 Å². The zero-order valence-corrected chi connectivity index (χ0v) is 15.8. The summed E-state index contributed by atoms with van der Waals surface area (Å²) in [6.45, 7) is 1.12. The number of carbonyl (C=O) groups excluding carboxylic acids is 2. The number of nitro benzene ring substituents is 1. The van der Waals surface area contributed by atoms with E-state index in [-0.39, 0.29) is 17.9 Å². The quantitative estimate of drug-likeness (QED) is 0.364. The largest absolute Gasteiger partial charge is 0.490 e. The molecule has 0 aliphatic heterocycles. The third-order valence-electron chi connectivity index (χ3n) is 3.83. The van der Waals surface area contributed by atoms with Gasteiger partial charge in [-0.3, -0.25) is 24.1 Å². The molecule has 0 saturated heterocycles. The number of nitrogens with one attached hydrogen (secondary N) is 1. The van der Waals surface area contributed by atoms with Gasteiger partial charge in [0, 0.05) is 35.6 Å². The van der Waals surface area contributed by atoms with Gasteiger partial charge in [-0.25, -0.2) is 4.98 Å². The maximum absolute atomic E-state index is 12.1. The maximum Gasteiger partial charge on any atom is 0.312 e. The zero-order chi connectivity index (χ0) is 20.3. The van der Waals surface area contributed by atoms with Gasteiger partial charge in [0.05, 0.1) is 24.1 Å². The lowest BCUT2D eigenvalue weighted by Gasteiger charge is -2.11. The number of hydrogen-bond donors (Lipinski definition) is 1. The minimum atomic E-state index is -0.584. The second-order valence-corrected chi connectivity index (χ2v) is 6.68. The van der Waals surface area contributed by atoms with Crippen LogP contribution in [0.1, 0.15) is 11.3 Å². The normalized spacial score (nSPS) is 10.6. The lowest BCUT2D eigenvalue weighted by Crippen LogP contribution is -2.22. The summed E-state index contributed by atoms with van der Waals surface area (Å²) in [6, 6.07) is 2.65. The van der Waals surface area contributed by atoms with Crippen LogP contribution in [0.4, 0.5) is 11.4 Å². The van der Waals surface area contributed by atoms with Gasteiger partial charge in [-0.1, -0.05) is 0 Å². The number of imidazole rings is 1. The number of esters is 1. The van der Waals surface area contributed by atoms with Gasteiger partial charge in [-0.15, -0.1) is 11.3 Å². The molecule has 2 aromatic heterocycles. The molecule has 1 amide bonds. The van der Waals surface area contributed by atoms with E-state index in [1.807, 2.05) is 11.6 Å². The molecule has 0 aliphatic rings. The molecule has 0 aliphatic carbocycles. The second-order valence-electron chi connectivity index (χ2n) is 5.81. The van der Waals surface area contributed by atoms with Crippen molar-refractivity contribution in [3.63, 3.8) is 0 Å². The molecule has 1 N–H and O–H groups in total. The number of ether oxygens (including phenoxy) is 2. The van der Waals surface area contributed by atoms with Crippen LogP contribution >= 0.6 is 11.3 Å². The number of hydrogen-bond acceptors (Lipinski definition) is 8. The monoisotopic (exact) mass is 404 g/mol. The van der Waals surface area contributed by atoms with Gasteiger partial charge < -0.3 is 14.8 Å². The molecule has 1 aromatic carbocycles. The molecule has 3 aromatic rings. The molecular formula is C17H16N4O6S. The first-order valence-corrected chi connectivity index (χ1v) is 8.95. The van der Waals surface area contributed by atoms with E-state index in [0.717, 1.165) is 4.96 Å². The van der Waals surface area contributed by atoms with Gasteiger partial charge in [0.2, 0.25) is 0 Å². The van der Waals surface area contributed by atoms with E-state index in [1.54, 1.807) is 17.5 Å². The summed E-state index contributed by atoms with van der Waals surface area (Å²) < 4.78 is 11.8. The summed E-state index contributed by atoms with van der Waals surface area (Å²) in [4.78, 5) is 39.4. The van der Waals surface area contributed by atoms with Gasteiger partial charge in [0.15, 0.2) is 17.3 Å². The van der Waals surface area contributed by atoms with Crippen LogP contribution in [0, 0.1) is 17.0 Å². The van der Waals surface area contributed by atoms with Crippen LogP contribution in [0.15, 0.2) is 29.9 Å². The van der Waals surface area contributed by atoms with Gasteiger partial charge >= 0.3 is 11.7 Å². The lowest BCUT2D eigenvalue weighted by atomic mass is 10.1. The number of carbonyl (C=O) groups is 2. The Morgan fingerprint density at radius 2 is 2.18 bits per heavy atom. The molecule has 2 heterocycles. The third-order valence-corrected chi connectivity index (χ3v) is 4.60.